The Hall–Kier alpha value is -2.45. The molecule has 0 atom stereocenters. The van der Waals surface area contributed by atoms with Crippen molar-refractivity contribution in [1.82, 2.24) is 0 Å². The normalized spacial score (nSPS) is 9.58. The molecule has 0 N–H and O–H groups in total. The number of benzene rings is 3. The zero-order valence-electron chi connectivity index (χ0n) is 17.8. The second-order valence-corrected chi connectivity index (χ2v) is 6.09. The van der Waals surface area contributed by atoms with Gasteiger partial charge in [-0.1, -0.05) is 18.2 Å². The van der Waals surface area contributed by atoms with Gasteiger partial charge in [0.15, 0.2) is 0 Å². The molecule has 4 aromatic rings. The molecular formula is C28H22Cl2O2Zr-4. The van der Waals surface area contributed by atoms with Crippen LogP contribution in [-0.4, -0.2) is 12.6 Å². The van der Waals surface area contributed by atoms with Crippen molar-refractivity contribution in [3.63, 3.8) is 0 Å². The van der Waals surface area contributed by atoms with Crippen LogP contribution in [0.2, 0.25) is 0 Å². The SMILES string of the molecule is O=[C-]c1ccccc1.O=[C-]c1ccccc1.[C-]1=CC=CC1.[Cl-].[Cl-].[Zr+2].c1ccc2[cH-]ccc2c1. The van der Waals surface area contributed by atoms with Crippen LogP contribution in [0, 0.1) is 6.08 Å². The molecule has 0 saturated heterocycles. The van der Waals surface area contributed by atoms with Crippen molar-refractivity contribution in [1.29, 1.82) is 0 Å². The van der Waals surface area contributed by atoms with Crippen molar-refractivity contribution in [3.8, 4) is 0 Å². The fourth-order valence-corrected chi connectivity index (χ4v) is 2.42. The molecule has 5 rings (SSSR count). The summed E-state index contributed by atoms with van der Waals surface area (Å²) in [4.78, 5) is 19.8. The van der Waals surface area contributed by atoms with Crippen molar-refractivity contribution in [2.24, 2.45) is 0 Å². The number of hydrogen-bond acceptors (Lipinski definition) is 2. The van der Waals surface area contributed by atoms with Crippen molar-refractivity contribution in [2.45, 2.75) is 6.42 Å². The van der Waals surface area contributed by atoms with Gasteiger partial charge in [-0.25, -0.2) is 12.2 Å². The molecule has 5 heteroatoms. The first-order valence-electron chi connectivity index (χ1n) is 9.52. The van der Waals surface area contributed by atoms with E-state index in [9.17, 15) is 9.59 Å². The third-order valence-electron chi connectivity index (χ3n) is 3.92. The maximum atomic E-state index is 9.88. The number of carbonyl (C=O) groups excluding carboxylic acids is 2. The van der Waals surface area contributed by atoms with E-state index in [1.54, 1.807) is 61.1 Å². The Morgan fingerprint density at radius 3 is 1.58 bits per heavy atom. The summed E-state index contributed by atoms with van der Waals surface area (Å²) in [6.45, 7) is 0. The second kappa shape index (κ2) is 21.4. The van der Waals surface area contributed by atoms with E-state index in [0.717, 1.165) is 6.42 Å². The molecule has 0 heterocycles. The fraction of sp³-hybridized carbons (Fsp3) is 0.0357. The summed E-state index contributed by atoms with van der Waals surface area (Å²) >= 11 is 0. The molecule has 1 aliphatic carbocycles. The van der Waals surface area contributed by atoms with Gasteiger partial charge in [0, 0.05) is 0 Å². The van der Waals surface area contributed by atoms with Gasteiger partial charge in [-0.05, 0) is 0 Å². The standard InChI is InChI=1S/C9H7.2C7H5O.C5H5.2ClH.Zr/c1-2-5-9-7-3-6-8(9)4-1;2*8-6-7-4-2-1-3-5-7;1-2-4-5-3-1;;;/h1-7H;2*1-5H;1-3H,4H2;2*1H;/q4*-1;;;+2/p-2. The van der Waals surface area contributed by atoms with E-state index in [1.165, 1.54) is 10.8 Å². The Morgan fingerprint density at radius 1 is 0.697 bits per heavy atom. The Bertz CT molecular complexity index is 975. The van der Waals surface area contributed by atoms with Crippen LogP contribution >= 0.6 is 0 Å². The molecule has 0 bridgehead atoms. The zero-order chi connectivity index (χ0) is 21.3. The van der Waals surface area contributed by atoms with Crippen LogP contribution in [0.3, 0.4) is 0 Å². The predicted octanol–water partition coefficient (Wildman–Crippen LogP) is 0.159. The molecule has 0 saturated carbocycles. The van der Waals surface area contributed by atoms with Gasteiger partial charge >= 0.3 is 26.2 Å². The molecule has 0 aromatic heterocycles. The maximum Gasteiger partial charge on any atom is 2.00 e. The number of allylic oxidation sites excluding steroid dienone is 4. The van der Waals surface area contributed by atoms with E-state index in [2.05, 4.69) is 54.6 Å². The van der Waals surface area contributed by atoms with Crippen molar-refractivity contribution in [2.75, 3.05) is 0 Å². The zero-order valence-corrected chi connectivity index (χ0v) is 21.8. The molecule has 4 aromatic carbocycles. The number of hydrogen-bond donors (Lipinski definition) is 0. The third-order valence-corrected chi connectivity index (χ3v) is 3.92. The fourth-order valence-electron chi connectivity index (χ4n) is 2.42. The van der Waals surface area contributed by atoms with E-state index < -0.39 is 0 Å². The van der Waals surface area contributed by atoms with Gasteiger partial charge in [-0.3, -0.25) is 6.08 Å². The Morgan fingerprint density at radius 2 is 1.21 bits per heavy atom. The number of fused-ring (bicyclic) bond motifs is 1. The maximum absolute atomic E-state index is 9.88. The topological polar surface area (TPSA) is 34.1 Å². The third kappa shape index (κ3) is 14.3. The van der Waals surface area contributed by atoms with Gasteiger partial charge < -0.3 is 34.4 Å². The first-order valence-corrected chi connectivity index (χ1v) is 9.52. The van der Waals surface area contributed by atoms with Crippen LogP contribution in [0.4, 0.5) is 0 Å². The van der Waals surface area contributed by atoms with E-state index in [1.807, 2.05) is 24.3 Å². The Kier molecular flexibility index (Phi) is 21.2. The smallest absolute Gasteiger partial charge is 1.00 e. The summed E-state index contributed by atoms with van der Waals surface area (Å²) in [5.41, 5.74) is 1.21. The largest absolute Gasteiger partial charge is 2.00 e. The van der Waals surface area contributed by atoms with E-state index in [4.69, 9.17) is 0 Å². The van der Waals surface area contributed by atoms with Gasteiger partial charge in [0.25, 0.3) is 0 Å². The van der Waals surface area contributed by atoms with Crippen LogP contribution in [0.15, 0.2) is 121 Å². The van der Waals surface area contributed by atoms with Crippen LogP contribution in [0.25, 0.3) is 10.8 Å². The average molecular weight is 553 g/mol. The Labute approximate surface area is 227 Å². The van der Waals surface area contributed by atoms with E-state index >= 15 is 0 Å². The molecule has 1 aliphatic rings. The molecule has 0 amide bonds. The van der Waals surface area contributed by atoms with Crippen LogP contribution in [0.5, 0.6) is 0 Å². The molecule has 0 unspecified atom stereocenters. The number of halogens is 2. The first-order chi connectivity index (χ1) is 14.8. The molecule has 0 spiro atoms. The molecule has 168 valence electrons. The summed E-state index contributed by atoms with van der Waals surface area (Å²) in [7, 11) is 0. The minimum Gasteiger partial charge on any atom is -1.00 e. The first kappa shape index (κ1) is 32.7. The summed E-state index contributed by atoms with van der Waals surface area (Å²) in [6, 6.07) is 32.5. The van der Waals surface area contributed by atoms with Crippen molar-refractivity contribution >= 4 is 23.3 Å². The van der Waals surface area contributed by atoms with Crippen LogP contribution < -0.4 is 24.8 Å². The number of rotatable bonds is 2. The minimum absolute atomic E-state index is 0. The van der Waals surface area contributed by atoms with Crippen molar-refractivity contribution < 1.29 is 60.6 Å². The molecule has 0 radical (unpaired) electrons. The predicted molar refractivity (Wildman–Crippen MR) is 124 cm³/mol. The van der Waals surface area contributed by atoms with Gasteiger partial charge in [-0.15, -0.1) is 60.3 Å². The van der Waals surface area contributed by atoms with Crippen LogP contribution in [0.1, 0.15) is 17.5 Å². The summed E-state index contributed by atoms with van der Waals surface area (Å²) in [6.07, 6.45) is 13.6. The summed E-state index contributed by atoms with van der Waals surface area (Å²) in [5, 5.41) is 2.66. The second-order valence-electron chi connectivity index (χ2n) is 6.09. The quantitative estimate of drug-likeness (QED) is 0.332. The minimum atomic E-state index is 0. The Balaban J connectivity index is 0. The molecule has 33 heavy (non-hydrogen) atoms. The molecule has 0 fully saturated rings. The van der Waals surface area contributed by atoms with Gasteiger partial charge in [0.2, 0.25) is 0 Å². The van der Waals surface area contributed by atoms with Gasteiger partial charge in [0.1, 0.15) is 0 Å². The van der Waals surface area contributed by atoms with Crippen LogP contribution in [-0.2, 0) is 35.8 Å². The summed E-state index contributed by atoms with van der Waals surface area (Å²) in [5.74, 6) is 0. The molecular weight excluding hydrogens is 530 g/mol. The van der Waals surface area contributed by atoms with Gasteiger partial charge in [-0.2, -0.15) is 59.0 Å². The average Bonchev–Trinajstić information content (AvgIpc) is 3.56. The monoisotopic (exact) mass is 550 g/mol. The molecule has 0 aliphatic heterocycles. The van der Waals surface area contributed by atoms with Gasteiger partial charge in [0.05, 0.1) is 12.6 Å². The molecule has 2 nitrogen and oxygen atoms in total. The van der Waals surface area contributed by atoms with Crippen molar-refractivity contribution in [3.05, 3.63) is 139 Å². The van der Waals surface area contributed by atoms with E-state index in [0.29, 0.717) is 11.1 Å². The van der Waals surface area contributed by atoms with E-state index in [-0.39, 0.29) is 51.0 Å². The summed E-state index contributed by atoms with van der Waals surface area (Å²) < 4.78 is 0.